The van der Waals surface area contributed by atoms with E-state index in [2.05, 4.69) is 0 Å². The molecule has 0 bridgehead atoms. The predicted molar refractivity (Wildman–Crippen MR) is 123 cm³/mol. The van der Waals surface area contributed by atoms with Crippen molar-refractivity contribution in [3.05, 3.63) is 70.0 Å². The first-order valence-electron chi connectivity index (χ1n) is 11.0. The molecule has 1 saturated carbocycles. The molecule has 10 nitrogen and oxygen atoms in total. The zero-order chi connectivity index (χ0) is 26.4. The Morgan fingerprint density at radius 2 is 1.67 bits per heavy atom. The van der Waals surface area contributed by atoms with Crippen molar-refractivity contribution in [3.63, 3.8) is 0 Å². The smallest absolute Gasteiger partial charge is 0.342 e. The standard InChI is InChI=1S/C26H22O10/c1-11-3-2-4-12(7-11)13-5-6-15(27)17-14(13)8-24(34)10-25(35)9-16(28)18(23(32)33)21(30)26(25,36)22(31)19(24)20(17)29/h2-7,27,29-30,34-36H,8-10H2,1H3,(H,32,33)/t24-,25+,26-/m0/s1. The molecule has 0 saturated heterocycles. The maximum absolute atomic E-state index is 13.6. The fraction of sp³-hybridized carbons (Fsp3) is 0.269. The van der Waals surface area contributed by atoms with E-state index >= 15 is 0 Å². The van der Waals surface area contributed by atoms with E-state index in [1.807, 2.05) is 19.1 Å². The summed E-state index contributed by atoms with van der Waals surface area (Å²) in [5.41, 5.74) is -8.36. The number of aliphatic carboxylic acids is 1. The summed E-state index contributed by atoms with van der Waals surface area (Å²) < 4.78 is 0. The van der Waals surface area contributed by atoms with Crippen LogP contribution in [0.1, 0.15) is 29.5 Å². The number of carbonyl (C=O) groups is 3. The van der Waals surface area contributed by atoms with Crippen LogP contribution in [0.2, 0.25) is 0 Å². The van der Waals surface area contributed by atoms with Crippen LogP contribution in [0.5, 0.6) is 5.75 Å². The summed E-state index contributed by atoms with van der Waals surface area (Å²) in [5, 5.41) is 75.8. The van der Waals surface area contributed by atoms with E-state index in [1.54, 1.807) is 18.2 Å². The van der Waals surface area contributed by atoms with Gasteiger partial charge in [-0.05, 0) is 29.7 Å². The molecule has 0 spiro atoms. The Labute approximate surface area is 203 Å². The summed E-state index contributed by atoms with van der Waals surface area (Å²) in [6.07, 6.45) is -2.38. The first kappa shape index (κ1) is 23.7. The van der Waals surface area contributed by atoms with E-state index in [-0.39, 0.29) is 11.1 Å². The highest BCUT2D eigenvalue weighted by molar-refractivity contribution is 6.22. The largest absolute Gasteiger partial charge is 0.508 e. The Morgan fingerprint density at radius 1 is 0.972 bits per heavy atom. The number of fused-ring (bicyclic) bond motifs is 3. The number of aliphatic hydroxyl groups excluding tert-OH is 2. The van der Waals surface area contributed by atoms with E-state index in [0.717, 1.165) is 5.56 Å². The average molecular weight is 494 g/mol. The number of phenolic OH excluding ortho intramolecular Hbond substituents is 1. The van der Waals surface area contributed by atoms with Gasteiger partial charge in [-0.3, -0.25) is 9.59 Å². The van der Waals surface area contributed by atoms with Gasteiger partial charge in [-0.15, -0.1) is 0 Å². The summed E-state index contributed by atoms with van der Waals surface area (Å²) in [4.78, 5) is 37.5. The number of benzene rings is 2. The number of rotatable bonds is 2. The lowest BCUT2D eigenvalue weighted by Crippen LogP contribution is -2.72. The van der Waals surface area contributed by atoms with E-state index in [1.165, 1.54) is 6.07 Å². The van der Waals surface area contributed by atoms with Crippen LogP contribution >= 0.6 is 0 Å². The Bertz CT molecular complexity index is 1470. The van der Waals surface area contributed by atoms with Crippen LogP contribution in [-0.4, -0.2) is 70.1 Å². The molecule has 0 unspecified atom stereocenters. The molecule has 36 heavy (non-hydrogen) atoms. The van der Waals surface area contributed by atoms with E-state index in [4.69, 9.17) is 0 Å². The van der Waals surface area contributed by atoms with Crippen molar-refractivity contribution in [1.82, 2.24) is 0 Å². The first-order valence-corrected chi connectivity index (χ1v) is 11.0. The second-order valence-corrected chi connectivity index (χ2v) is 9.66. The van der Waals surface area contributed by atoms with Gasteiger partial charge in [0.05, 0.1) is 11.1 Å². The monoisotopic (exact) mass is 494 g/mol. The molecular weight excluding hydrogens is 472 g/mol. The number of Topliss-reactive ketones (excluding diaryl/α,β-unsaturated/α-hetero) is 2. The first-order chi connectivity index (χ1) is 16.7. The molecule has 1 fully saturated rings. The van der Waals surface area contributed by atoms with Gasteiger partial charge in [0, 0.05) is 19.3 Å². The summed E-state index contributed by atoms with van der Waals surface area (Å²) in [6, 6.07) is 10.1. The van der Waals surface area contributed by atoms with E-state index < -0.39 is 82.0 Å². The molecule has 3 aliphatic rings. The Kier molecular flexibility index (Phi) is 4.79. The van der Waals surface area contributed by atoms with Gasteiger partial charge in [0.1, 0.15) is 28.3 Å². The second kappa shape index (κ2) is 7.26. The van der Waals surface area contributed by atoms with Crippen molar-refractivity contribution < 1.29 is 50.1 Å². The van der Waals surface area contributed by atoms with Gasteiger partial charge in [-0.2, -0.15) is 0 Å². The summed E-state index contributed by atoms with van der Waals surface area (Å²) in [5.74, 6) is -7.65. The highest BCUT2D eigenvalue weighted by atomic mass is 16.4. The number of aromatic hydroxyl groups is 1. The van der Waals surface area contributed by atoms with Crippen molar-refractivity contribution >= 4 is 23.3 Å². The highest BCUT2D eigenvalue weighted by Crippen LogP contribution is 2.56. The third-order valence-corrected chi connectivity index (χ3v) is 7.37. The maximum Gasteiger partial charge on any atom is 0.342 e. The Hall–Kier alpha value is -3.99. The molecule has 0 amide bonds. The van der Waals surface area contributed by atoms with Crippen molar-refractivity contribution in [2.45, 2.75) is 43.0 Å². The van der Waals surface area contributed by atoms with E-state index in [9.17, 15) is 50.1 Å². The topological polar surface area (TPSA) is 193 Å². The van der Waals surface area contributed by atoms with Crippen molar-refractivity contribution in [3.8, 4) is 16.9 Å². The van der Waals surface area contributed by atoms with Crippen LogP contribution in [0.15, 0.2) is 53.3 Å². The van der Waals surface area contributed by atoms with Gasteiger partial charge >= 0.3 is 5.97 Å². The van der Waals surface area contributed by atoms with Gasteiger partial charge in [0.25, 0.3) is 0 Å². The molecule has 5 rings (SSSR count). The van der Waals surface area contributed by atoms with Crippen LogP contribution in [0.25, 0.3) is 16.9 Å². The lowest BCUT2D eigenvalue weighted by molar-refractivity contribution is -0.200. The summed E-state index contributed by atoms with van der Waals surface area (Å²) in [7, 11) is 0. The minimum absolute atomic E-state index is 0.190. The molecule has 3 aliphatic carbocycles. The normalized spacial score (nSPS) is 29.6. The van der Waals surface area contributed by atoms with Crippen LogP contribution in [0, 0.1) is 6.92 Å². The van der Waals surface area contributed by atoms with Crippen molar-refractivity contribution in [1.29, 1.82) is 0 Å². The quantitative estimate of drug-likeness (QED) is 0.299. The lowest BCUT2D eigenvalue weighted by atomic mass is 9.55. The minimum atomic E-state index is -3.33. The molecule has 2 aromatic carbocycles. The number of hydrogen-bond donors (Lipinski definition) is 7. The van der Waals surface area contributed by atoms with Gasteiger partial charge < -0.3 is 35.7 Å². The summed E-state index contributed by atoms with van der Waals surface area (Å²) in [6.45, 7) is 1.86. The second-order valence-electron chi connectivity index (χ2n) is 9.66. The molecule has 3 atom stereocenters. The van der Waals surface area contributed by atoms with Gasteiger partial charge in [0.15, 0.2) is 11.5 Å². The fourth-order valence-corrected chi connectivity index (χ4v) is 5.77. The van der Waals surface area contributed by atoms with Crippen molar-refractivity contribution in [2.24, 2.45) is 0 Å². The third-order valence-electron chi connectivity index (χ3n) is 7.37. The highest BCUT2D eigenvalue weighted by Gasteiger charge is 2.71. The van der Waals surface area contributed by atoms with E-state index in [0.29, 0.717) is 11.1 Å². The molecule has 0 aliphatic heterocycles. The van der Waals surface area contributed by atoms with Crippen molar-refractivity contribution in [2.75, 3.05) is 0 Å². The molecule has 186 valence electrons. The number of hydrogen-bond acceptors (Lipinski definition) is 9. The molecule has 0 radical (unpaired) electrons. The predicted octanol–water partition coefficient (Wildman–Crippen LogP) is 1.23. The number of aryl methyl sites for hydroxylation is 1. The molecule has 0 aromatic heterocycles. The van der Waals surface area contributed by atoms with Crippen LogP contribution < -0.4 is 0 Å². The fourth-order valence-electron chi connectivity index (χ4n) is 5.77. The number of carboxylic acid groups (broad SMARTS) is 1. The number of aliphatic hydroxyl groups is 5. The van der Waals surface area contributed by atoms with Gasteiger partial charge in [0.2, 0.25) is 11.4 Å². The van der Waals surface area contributed by atoms with Gasteiger partial charge in [-0.1, -0.05) is 35.9 Å². The molecule has 0 heterocycles. The van der Waals surface area contributed by atoms with Crippen LogP contribution in [-0.2, 0) is 20.8 Å². The van der Waals surface area contributed by atoms with Crippen LogP contribution in [0.3, 0.4) is 0 Å². The zero-order valence-electron chi connectivity index (χ0n) is 18.9. The number of ketones is 2. The Morgan fingerprint density at radius 3 is 2.31 bits per heavy atom. The molecule has 10 heteroatoms. The zero-order valence-corrected chi connectivity index (χ0v) is 18.9. The molecule has 2 aromatic rings. The minimum Gasteiger partial charge on any atom is -0.508 e. The Balaban J connectivity index is 1.79. The number of phenols is 1. The number of carbonyl (C=O) groups excluding carboxylic acids is 2. The lowest BCUT2D eigenvalue weighted by Gasteiger charge is -2.54. The molecule has 7 N–H and O–H groups in total. The van der Waals surface area contributed by atoms with Gasteiger partial charge in [-0.25, -0.2) is 4.79 Å². The maximum atomic E-state index is 13.6. The SMILES string of the molecule is Cc1cccc(-c2ccc(O)c3c2C[C@]2(O)C[C@]4(O)CC(=O)C(C(=O)O)=C(O)[C@]4(O)C(=O)C2=C3O)c1. The average Bonchev–Trinajstić information content (AvgIpc) is 2.76. The summed E-state index contributed by atoms with van der Waals surface area (Å²) >= 11 is 0. The van der Waals surface area contributed by atoms with Crippen LogP contribution in [0.4, 0.5) is 0 Å². The molecular formula is C26H22O10. The third kappa shape index (κ3) is 2.86. The number of carboxylic acids is 1.